The largest absolute Gasteiger partial charge is 0.369 e. The zero-order valence-electron chi connectivity index (χ0n) is 17.6. The lowest BCUT2D eigenvalue weighted by atomic mass is 10.1. The third-order valence-electron chi connectivity index (χ3n) is 6.20. The molecule has 1 aromatic rings. The van der Waals surface area contributed by atoms with Gasteiger partial charge >= 0.3 is 0 Å². The van der Waals surface area contributed by atoms with Crippen molar-refractivity contribution >= 4 is 33.0 Å². The zero-order valence-corrected chi connectivity index (χ0v) is 19.2. The van der Waals surface area contributed by atoms with Crippen LogP contribution in [0.3, 0.4) is 0 Å². The molecular weight excluding hydrogens is 410 g/mol. The quantitative estimate of drug-likeness (QED) is 0.679. The molecule has 0 N–H and O–H groups in total. The van der Waals surface area contributed by atoms with Crippen molar-refractivity contribution < 1.29 is 13.2 Å². The van der Waals surface area contributed by atoms with Gasteiger partial charge in [0.25, 0.3) is 0 Å². The summed E-state index contributed by atoms with van der Waals surface area (Å²) >= 11 is 6.16. The molecule has 0 saturated carbocycles. The molecule has 0 aromatic heterocycles. The molecule has 1 aromatic carbocycles. The van der Waals surface area contributed by atoms with Crippen molar-refractivity contribution in [3.05, 3.63) is 28.8 Å². The minimum Gasteiger partial charge on any atom is -0.369 e. The maximum absolute atomic E-state index is 13.1. The lowest BCUT2D eigenvalue weighted by Gasteiger charge is -2.39. The number of benzene rings is 1. The molecule has 0 aliphatic carbocycles. The predicted octanol–water partition coefficient (Wildman–Crippen LogP) is 2.58. The van der Waals surface area contributed by atoms with Gasteiger partial charge in [0, 0.05) is 49.0 Å². The summed E-state index contributed by atoms with van der Waals surface area (Å²) in [7, 11) is -3.02. The third kappa shape index (κ3) is 5.44. The SMILES string of the molecule is CC[C@@H](C)N(C(=O)CN1CCN(c2cc(Cl)ccc2C)CC1)[C@H]1CCS(=O)(=O)C1. The standard InChI is InChI=1S/C21H32ClN3O3S/c1-4-17(3)25(19-7-12-29(27,28)15-19)21(26)14-23-8-10-24(11-9-23)20-13-18(22)6-5-16(20)2/h5-6,13,17,19H,4,7-12,14-15H2,1-3H3/t17-,19+/m1/s1. The number of carbonyl (C=O) groups is 1. The monoisotopic (exact) mass is 441 g/mol. The van der Waals surface area contributed by atoms with Gasteiger partial charge in [0.15, 0.2) is 9.84 Å². The number of amides is 1. The fourth-order valence-electron chi connectivity index (χ4n) is 4.34. The van der Waals surface area contributed by atoms with Gasteiger partial charge in [0.05, 0.1) is 18.1 Å². The highest BCUT2D eigenvalue weighted by molar-refractivity contribution is 7.91. The summed E-state index contributed by atoms with van der Waals surface area (Å²) in [6.45, 7) is 9.78. The highest BCUT2D eigenvalue weighted by Crippen LogP contribution is 2.26. The Bertz CT molecular complexity index is 838. The van der Waals surface area contributed by atoms with Crippen LogP contribution < -0.4 is 4.90 Å². The van der Waals surface area contributed by atoms with Gasteiger partial charge in [-0.05, 0) is 44.4 Å². The fraction of sp³-hybridized carbons (Fsp3) is 0.667. The Labute approximate surface area is 179 Å². The molecule has 0 spiro atoms. The number of anilines is 1. The molecule has 29 heavy (non-hydrogen) atoms. The van der Waals surface area contributed by atoms with Crippen molar-refractivity contribution in [1.82, 2.24) is 9.80 Å². The number of nitrogens with zero attached hydrogens (tertiary/aromatic N) is 3. The van der Waals surface area contributed by atoms with Gasteiger partial charge in [-0.1, -0.05) is 24.6 Å². The number of rotatable bonds is 6. The number of halogens is 1. The summed E-state index contributed by atoms with van der Waals surface area (Å²) < 4.78 is 23.9. The molecule has 2 aliphatic rings. The van der Waals surface area contributed by atoms with Crippen molar-refractivity contribution in [2.45, 2.75) is 45.7 Å². The summed E-state index contributed by atoms with van der Waals surface area (Å²) in [6.07, 6.45) is 1.38. The predicted molar refractivity (Wildman–Crippen MR) is 118 cm³/mol. The number of piperazine rings is 1. The van der Waals surface area contributed by atoms with Gasteiger partial charge in [-0.15, -0.1) is 0 Å². The second-order valence-corrected chi connectivity index (χ2v) is 11.0. The van der Waals surface area contributed by atoms with Crippen LogP contribution in [0.4, 0.5) is 5.69 Å². The molecule has 6 nitrogen and oxygen atoms in total. The summed E-state index contributed by atoms with van der Waals surface area (Å²) in [6, 6.07) is 5.81. The highest BCUT2D eigenvalue weighted by atomic mass is 35.5. The molecule has 2 atom stereocenters. The molecule has 2 fully saturated rings. The molecule has 162 valence electrons. The van der Waals surface area contributed by atoms with Crippen LogP contribution in [0, 0.1) is 6.92 Å². The lowest BCUT2D eigenvalue weighted by molar-refractivity contribution is -0.136. The number of carbonyl (C=O) groups excluding carboxylic acids is 1. The van der Waals surface area contributed by atoms with Crippen molar-refractivity contribution in [2.75, 3.05) is 49.1 Å². The van der Waals surface area contributed by atoms with Crippen LogP contribution in [0.15, 0.2) is 18.2 Å². The van der Waals surface area contributed by atoms with E-state index in [1.807, 2.05) is 36.9 Å². The molecule has 3 rings (SSSR count). The van der Waals surface area contributed by atoms with Gasteiger partial charge in [-0.2, -0.15) is 0 Å². The van der Waals surface area contributed by atoms with Crippen molar-refractivity contribution in [2.24, 2.45) is 0 Å². The maximum Gasteiger partial charge on any atom is 0.237 e. The van der Waals surface area contributed by atoms with Crippen LogP contribution in [0.5, 0.6) is 0 Å². The zero-order chi connectivity index (χ0) is 21.2. The first kappa shape index (κ1) is 22.4. The molecule has 1 amide bonds. The minimum absolute atomic E-state index is 0.0498. The van der Waals surface area contributed by atoms with Crippen LogP contribution in [0.1, 0.15) is 32.3 Å². The second kappa shape index (κ2) is 9.23. The minimum atomic E-state index is -3.02. The fourth-order valence-corrected chi connectivity index (χ4v) is 6.22. The third-order valence-corrected chi connectivity index (χ3v) is 8.18. The summed E-state index contributed by atoms with van der Waals surface area (Å²) in [4.78, 5) is 19.5. The summed E-state index contributed by atoms with van der Waals surface area (Å²) in [5, 5.41) is 0.735. The molecule has 2 saturated heterocycles. The molecule has 0 radical (unpaired) electrons. The van der Waals surface area contributed by atoms with Gasteiger partial charge in [-0.25, -0.2) is 8.42 Å². The molecule has 0 unspecified atom stereocenters. The Balaban J connectivity index is 1.61. The van der Waals surface area contributed by atoms with Crippen LogP contribution in [-0.2, 0) is 14.6 Å². The molecule has 8 heteroatoms. The molecule has 0 bridgehead atoms. The first-order valence-corrected chi connectivity index (χ1v) is 12.6. The second-order valence-electron chi connectivity index (χ2n) is 8.31. The number of hydrogen-bond donors (Lipinski definition) is 0. The number of hydrogen-bond acceptors (Lipinski definition) is 5. The Hall–Kier alpha value is -1.31. The van der Waals surface area contributed by atoms with E-state index in [4.69, 9.17) is 11.6 Å². The van der Waals surface area contributed by atoms with Crippen molar-refractivity contribution in [3.8, 4) is 0 Å². The Kier molecular flexibility index (Phi) is 7.12. The average molecular weight is 442 g/mol. The first-order valence-electron chi connectivity index (χ1n) is 10.4. The number of sulfone groups is 1. The van der Waals surface area contributed by atoms with E-state index >= 15 is 0 Å². The van der Waals surface area contributed by atoms with Crippen molar-refractivity contribution in [1.29, 1.82) is 0 Å². The van der Waals surface area contributed by atoms with Gasteiger partial charge in [0.1, 0.15) is 0 Å². The van der Waals surface area contributed by atoms with E-state index in [1.54, 1.807) is 0 Å². The Morgan fingerprint density at radius 2 is 1.97 bits per heavy atom. The van der Waals surface area contributed by atoms with Gasteiger partial charge in [-0.3, -0.25) is 9.69 Å². The van der Waals surface area contributed by atoms with Crippen LogP contribution in [-0.4, -0.2) is 80.4 Å². The van der Waals surface area contributed by atoms with E-state index in [0.29, 0.717) is 13.0 Å². The number of aryl methyl sites for hydroxylation is 1. The maximum atomic E-state index is 13.1. The molecule has 2 heterocycles. The van der Waals surface area contributed by atoms with E-state index in [9.17, 15) is 13.2 Å². The highest BCUT2D eigenvalue weighted by Gasteiger charge is 2.37. The van der Waals surface area contributed by atoms with Crippen LogP contribution in [0.2, 0.25) is 5.02 Å². The lowest BCUT2D eigenvalue weighted by Crippen LogP contribution is -2.54. The van der Waals surface area contributed by atoms with Crippen LogP contribution in [0.25, 0.3) is 0 Å². The van der Waals surface area contributed by atoms with Gasteiger partial charge in [0.2, 0.25) is 5.91 Å². The van der Waals surface area contributed by atoms with Crippen molar-refractivity contribution in [3.63, 3.8) is 0 Å². The van der Waals surface area contributed by atoms with E-state index in [-0.39, 0.29) is 29.5 Å². The normalized spacial score (nSPS) is 23.2. The summed E-state index contributed by atoms with van der Waals surface area (Å²) in [5.41, 5.74) is 2.35. The van der Waals surface area contributed by atoms with E-state index < -0.39 is 9.84 Å². The smallest absolute Gasteiger partial charge is 0.237 e. The van der Waals surface area contributed by atoms with Gasteiger partial charge < -0.3 is 9.80 Å². The summed E-state index contributed by atoms with van der Waals surface area (Å²) in [5.74, 6) is 0.342. The Morgan fingerprint density at radius 3 is 2.55 bits per heavy atom. The van der Waals surface area contributed by atoms with E-state index in [0.717, 1.165) is 43.3 Å². The van der Waals surface area contributed by atoms with E-state index in [2.05, 4.69) is 16.7 Å². The molecular formula is C21H32ClN3O3S. The topological polar surface area (TPSA) is 60.9 Å². The molecule has 2 aliphatic heterocycles. The van der Waals surface area contributed by atoms with E-state index in [1.165, 1.54) is 5.56 Å². The average Bonchev–Trinajstić information content (AvgIpc) is 3.03. The Morgan fingerprint density at radius 1 is 1.28 bits per heavy atom. The first-order chi connectivity index (χ1) is 13.7. The van der Waals surface area contributed by atoms with Crippen LogP contribution >= 0.6 is 11.6 Å².